The number of aromatic nitrogens is 2. The van der Waals surface area contributed by atoms with Gasteiger partial charge in [0.1, 0.15) is 11.6 Å². The van der Waals surface area contributed by atoms with Crippen LogP contribution in [0.1, 0.15) is 120 Å². The lowest BCUT2D eigenvalue weighted by atomic mass is 9.77. The summed E-state index contributed by atoms with van der Waals surface area (Å²) in [5.74, 6) is 1.11. The van der Waals surface area contributed by atoms with Gasteiger partial charge in [0.2, 0.25) is 5.95 Å². The van der Waals surface area contributed by atoms with Crippen molar-refractivity contribution in [3.05, 3.63) is 47.5 Å². The molecule has 1 aliphatic rings. The van der Waals surface area contributed by atoms with Crippen LogP contribution in [0.15, 0.2) is 30.5 Å². The second kappa shape index (κ2) is 14.1. The van der Waals surface area contributed by atoms with Gasteiger partial charge >= 0.3 is 0 Å². The monoisotopic (exact) mass is 449 g/mol. The Morgan fingerprint density at radius 1 is 0.879 bits per heavy atom. The van der Waals surface area contributed by atoms with Crippen molar-refractivity contribution in [2.24, 2.45) is 5.92 Å². The summed E-state index contributed by atoms with van der Waals surface area (Å²) in [4.78, 5) is 7.96. The smallest absolute Gasteiger partial charge is 0.234 e. The first-order valence-corrected chi connectivity index (χ1v) is 13.2. The molecule has 33 heavy (non-hydrogen) atoms. The van der Waals surface area contributed by atoms with Crippen molar-refractivity contribution >= 4 is 0 Å². The fourth-order valence-electron chi connectivity index (χ4n) is 5.18. The van der Waals surface area contributed by atoms with Crippen LogP contribution in [0.25, 0.3) is 11.4 Å². The number of hydrogen-bond acceptors (Lipinski definition) is 3. The van der Waals surface area contributed by atoms with Gasteiger partial charge in [0.05, 0.1) is 6.20 Å². The highest BCUT2D eigenvalue weighted by Crippen LogP contribution is 2.38. The molecule has 0 amide bonds. The zero-order valence-corrected chi connectivity index (χ0v) is 20.4. The number of halogens is 1. The number of unbranched alkanes of at least 4 members (excludes halogenated alkanes) is 9. The first-order valence-electron chi connectivity index (χ1n) is 13.2. The lowest BCUT2D eigenvalue weighted by molar-refractivity contribution is 0.301. The number of nitriles is 1. The Kier molecular flexibility index (Phi) is 10.8. The Hall–Kier alpha value is -2.28. The zero-order valence-electron chi connectivity index (χ0n) is 20.4. The molecule has 3 nitrogen and oxygen atoms in total. The van der Waals surface area contributed by atoms with E-state index in [0.29, 0.717) is 11.7 Å². The van der Waals surface area contributed by atoms with Crippen LogP contribution in [0.3, 0.4) is 0 Å². The second-order valence-electron chi connectivity index (χ2n) is 9.82. The van der Waals surface area contributed by atoms with E-state index in [4.69, 9.17) is 5.26 Å². The van der Waals surface area contributed by atoms with Gasteiger partial charge < -0.3 is 0 Å². The summed E-state index contributed by atoms with van der Waals surface area (Å²) in [6.07, 6.45) is 22.0. The van der Waals surface area contributed by atoms with Gasteiger partial charge in [-0.2, -0.15) is 14.6 Å². The molecule has 0 saturated heterocycles. The third kappa shape index (κ3) is 8.22. The van der Waals surface area contributed by atoms with Gasteiger partial charge in [0.15, 0.2) is 5.82 Å². The molecule has 1 aromatic heterocycles. The van der Waals surface area contributed by atoms with Crippen LogP contribution in [0.5, 0.6) is 0 Å². The van der Waals surface area contributed by atoms with Crippen LogP contribution in [0.2, 0.25) is 0 Å². The van der Waals surface area contributed by atoms with Crippen molar-refractivity contribution < 1.29 is 4.39 Å². The first kappa shape index (κ1) is 25.3. The van der Waals surface area contributed by atoms with Gasteiger partial charge in [0, 0.05) is 5.56 Å². The minimum absolute atomic E-state index is 0.120. The van der Waals surface area contributed by atoms with Crippen LogP contribution < -0.4 is 0 Å². The molecule has 0 aliphatic heterocycles. The van der Waals surface area contributed by atoms with Gasteiger partial charge in [-0.15, -0.1) is 0 Å². The van der Waals surface area contributed by atoms with Gasteiger partial charge in [0.25, 0.3) is 0 Å². The maximum absolute atomic E-state index is 13.8. The molecule has 4 heteroatoms. The zero-order chi connectivity index (χ0) is 23.3. The second-order valence-corrected chi connectivity index (χ2v) is 9.82. The third-order valence-corrected chi connectivity index (χ3v) is 7.32. The lowest BCUT2D eigenvalue weighted by Crippen LogP contribution is -2.13. The Labute approximate surface area is 199 Å². The van der Waals surface area contributed by atoms with Crippen LogP contribution in [-0.4, -0.2) is 9.97 Å². The fourth-order valence-corrected chi connectivity index (χ4v) is 5.18. The molecule has 1 aliphatic carbocycles. The number of hydrogen-bond donors (Lipinski definition) is 0. The molecule has 0 spiro atoms. The molecule has 178 valence electrons. The molecule has 1 saturated carbocycles. The topological polar surface area (TPSA) is 49.6 Å². The van der Waals surface area contributed by atoms with Crippen molar-refractivity contribution in [3.63, 3.8) is 0 Å². The molecule has 0 radical (unpaired) electrons. The highest BCUT2D eigenvalue weighted by Gasteiger charge is 2.22. The minimum atomic E-state index is -0.757. The quantitative estimate of drug-likeness (QED) is 0.227. The maximum atomic E-state index is 13.8. The molecule has 2 aromatic rings. The maximum Gasteiger partial charge on any atom is 0.234 e. The largest absolute Gasteiger partial charge is 0.235 e. The summed E-state index contributed by atoms with van der Waals surface area (Å²) in [6.45, 7) is 2.28. The Balaban J connectivity index is 1.32. The van der Waals surface area contributed by atoms with Crippen molar-refractivity contribution in [1.29, 1.82) is 5.26 Å². The van der Waals surface area contributed by atoms with E-state index in [-0.39, 0.29) is 5.56 Å². The molecule has 1 fully saturated rings. The van der Waals surface area contributed by atoms with E-state index >= 15 is 0 Å². The molecule has 1 heterocycles. The van der Waals surface area contributed by atoms with E-state index in [1.165, 1.54) is 108 Å². The molecular weight excluding hydrogens is 409 g/mol. The summed E-state index contributed by atoms with van der Waals surface area (Å²) >= 11 is 0. The summed E-state index contributed by atoms with van der Waals surface area (Å²) in [6, 6.07) is 10.00. The average Bonchev–Trinajstić information content (AvgIpc) is 2.85. The average molecular weight is 450 g/mol. The van der Waals surface area contributed by atoms with Gasteiger partial charge in [-0.3, -0.25) is 0 Å². The molecule has 0 N–H and O–H groups in total. The molecule has 3 rings (SSSR count). The highest BCUT2D eigenvalue weighted by atomic mass is 19.1. The normalized spacial score (nSPS) is 18.2. The fraction of sp³-hybridized carbons (Fsp3) is 0.621. The molecular formula is C29H40FN3. The van der Waals surface area contributed by atoms with E-state index in [0.717, 1.165) is 11.5 Å². The predicted molar refractivity (Wildman–Crippen MR) is 133 cm³/mol. The SMILES string of the molecule is CCCCCCCCCCCCC1CCC(c2ccc(-c3ncc(C#N)c(F)n3)cc2)CC1. The van der Waals surface area contributed by atoms with Crippen LogP contribution in [-0.2, 0) is 0 Å². The first-order chi connectivity index (χ1) is 16.2. The Bertz CT molecular complexity index is 863. The summed E-state index contributed by atoms with van der Waals surface area (Å²) in [5.41, 5.74) is 2.03. The van der Waals surface area contributed by atoms with E-state index in [9.17, 15) is 4.39 Å². The van der Waals surface area contributed by atoms with Crippen molar-refractivity contribution in [2.75, 3.05) is 0 Å². The summed E-state index contributed by atoms with van der Waals surface area (Å²) in [5, 5.41) is 8.83. The van der Waals surface area contributed by atoms with Crippen molar-refractivity contribution in [2.45, 2.75) is 109 Å². The van der Waals surface area contributed by atoms with Crippen LogP contribution >= 0.6 is 0 Å². The van der Waals surface area contributed by atoms with Crippen LogP contribution in [0.4, 0.5) is 4.39 Å². The van der Waals surface area contributed by atoms with Gasteiger partial charge in [-0.1, -0.05) is 102 Å². The predicted octanol–water partition coefficient (Wildman–Crippen LogP) is 8.74. The number of rotatable bonds is 13. The van der Waals surface area contributed by atoms with Crippen molar-refractivity contribution in [1.82, 2.24) is 9.97 Å². The number of nitrogens with zero attached hydrogens (tertiary/aromatic N) is 3. The summed E-state index contributed by atoms with van der Waals surface area (Å²) in [7, 11) is 0. The van der Waals surface area contributed by atoms with E-state index in [1.807, 2.05) is 12.1 Å². The molecule has 0 unspecified atom stereocenters. The van der Waals surface area contributed by atoms with Gasteiger partial charge in [-0.25, -0.2) is 4.98 Å². The summed E-state index contributed by atoms with van der Waals surface area (Å²) < 4.78 is 13.8. The molecule has 0 bridgehead atoms. The van der Waals surface area contributed by atoms with Gasteiger partial charge in [-0.05, 0) is 43.1 Å². The lowest BCUT2D eigenvalue weighted by Gasteiger charge is -2.29. The van der Waals surface area contributed by atoms with E-state index in [2.05, 4.69) is 29.0 Å². The Morgan fingerprint density at radius 2 is 1.48 bits per heavy atom. The molecule has 1 aromatic carbocycles. The Morgan fingerprint density at radius 3 is 2.06 bits per heavy atom. The van der Waals surface area contributed by atoms with Crippen LogP contribution in [0, 0.1) is 23.2 Å². The third-order valence-electron chi connectivity index (χ3n) is 7.32. The highest BCUT2D eigenvalue weighted by molar-refractivity contribution is 5.55. The van der Waals surface area contributed by atoms with E-state index in [1.54, 1.807) is 6.07 Å². The minimum Gasteiger partial charge on any atom is -0.235 e. The number of benzene rings is 1. The van der Waals surface area contributed by atoms with E-state index < -0.39 is 5.95 Å². The van der Waals surface area contributed by atoms with Crippen molar-refractivity contribution in [3.8, 4) is 17.5 Å². The standard InChI is InChI=1S/C29H40FN3/c1-2-3-4-5-6-7-8-9-10-11-12-23-13-15-24(16-14-23)25-17-19-26(20-18-25)29-32-22-27(21-31)28(30)33-29/h17-20,22-24H,2-16H2,1H3. The molecule has 0 atom stereocenters.